The van der Waals surface area contributed by atoms with E-state index < -0.39 is 24.1 Å². The van der Waals surface area contributed by atoms with Crippen LogP contribution in [0.1, 0.15) is 58.3 Å². The van der Waals surface area contributed by atoms with Crippen LogP contribution in [0.5, 0.6) is 5.75 Å². The lowest BCUT2D eigenvalue weighted by Crippen LogP contribution is -2.29. The highest BCUT2D eigenvalue weighted by atomic mass is 32.1. The third-order valence-electron chi connectivity index (χ3n) is 4.85. The van der Waals surface area contributed by atoms with Crippen molar-refractivity contribution in [1.29, 1.82) is 5.26 Å². The van der Waals surface area contributed by atoms with Gasteiger partial charge in [-0.3, -0.25) is 4.79 Å². The van der Waals surface area contributed by atoms with E-state index in [4.69, 9.17) is 5.26 Å². The molecular weight excluding hydrogens is 459 g/mol. The molecule has 2 heterocycles. The van der Waals surface area contributed by atoms with Gasteiger partial charge in [-0.1, -0.05) is 11.3 Å². The smallest absolute Gasteiger partial charge is 0.406 e. The van der Waals surface area contributed by atoms with Crippen LogP contribution in [0.15, 0.2) is 24.4 Å². The molecule has 3 aromatic rings. The first-order valence-electron chi connectivity index (χ1n) is 9.89. The van der Waals surface area contributed by atoms with Gasteiger partial charge in [-0.2, -0.15) is 14.9 Å². The summed E-state index contributed by atoms with van der Waals surface area (Å²) >= 11 is 1.10. The van der Waals surface area contributed by atoms with Crippen LogP contribution in [0.3, 0.4) is 0 Å². The van der Waals surface area contributed by atoms with Crippen molar-refractivity contribution < 1.29 is 22.7 Å². The molecule has 1 aliphatic carbocycles. The first-order valence-corrected chi connectivity index (χ1v) is 10.7. The van der Waals surface area contributed by atoms with E-state index in [-0.39, 0.29) is 17.4 Å². The highest BCUT2D eigenvalue weighted by Crippen LogP contribution is 2.42. The van der Waals surface area contributed by atoms with Gasteiger partial charge >= 0.3 is 6.36 Å². The van der Waals surface area contributed by atoms with E-state index in [9.17, 15) is 18.0 Å². The number of hydrogen-bond acceptors (Lipinski definition) is 8. The van der Waals surface area contributed by atoms with Crippen LogP contribution in [-0.4, -0.2) is 39.1 Å². The molecule has 2 N–H and O–H groups in total. The van der Waals surface area contributed by atoms with Crippen LogP contribution < -0.4 is 15.4 Å². The van der Waals surface area contributed by atoms with Gasteiger partial charge in [0.05, 0.1) is 12.2 Å². The number of hydrogen-bond donors (Lipinski definition) is 2. The molecule has 13 heteroatoms. The molecule has 4 rings (SSSR count). The third kappa shape index (κ3) is 5.23. The maximum atomic E-state index is 12.9. The van der Waals surface area contributed by atoms with Crippen molar-refractivity contribution in [3.05, 3.63) is 46.2 Å². The number of anilines is 1. The molecule has 0 bridgehead atoms. The third-order valence-corrected chi connectivity index (χ3v) is 5.73. The normalized spacial score (nSPS) is 14.4. The molecule has 172 valence electrons. The van der Waals surface area contributed by atoms with E-state index in [0.717, 1.165) is 30.2 Å². The number of carbonyl (C=O) groups is 1. The number of thiazole rings is 1. The number of alkyl halides is 3. The lowest BCUT2D eigenvalue weighted by atomic mass is 10.1. The molecule has 1 aromatic carbocycles. The summed E-state index contributed by atoms with van der Waals surface area (Å²) in [6.45, 7) is 1.66. The number of benzene rings is 1. The fraction of sp³-hybridized carbons (Fsp3) is 0.350. The Balaban J connectivity index is 1.60. The predicted molar refractivity (Wildman–Crippen MR) is 112 cm³/mol. The Kier molecular flexibility index (Phi) is 5.94. The second-order valence-electron chi connectivity index (χ2n) is 7.38. The number of ether oxygens (including phenoxy) is 1. The Labute approximate surface area is 190 Å². The van der Waals surface area contributed by atoms with Crippen LogP contribution in [-0.2, 0) is 0 Å². The molecule has 0 unspecified atom stereocenters. The summed E-state index contributed by atoms with van der Waals surface area (Å²) in [5, 5.41) is 19.3. The topological polar surface area (TPSA) is 118 Å². The van der Waals surface area contributed by atoms with Crippen molar-refractivity contribution in [3.63, 3.8) is 0 Å². The van der Waals surface area contributed by atoms with Crippen LogP contribution in [0.4, 0.5) is 19.1 Å². The molecule has 1 atom stereocenters. The van der Waals surface area contributed by atoms with Gasteiger partial charge in [-0.25, -0.2) is 4.98 Å². The predicted octanol–water partition coefficient (Wildman–Crippen LogP) is 3.90. The number of halogens is 3. The number of nitrogens with zero attached hydrogens (tertiary/aromatic N) is 5. The molecule has 0 aliphatic heterocycles. The van der Waals surface area contributed by atoms with Gasteiger partial charge in [0.1, 0.15) is 16.7 Å². The standard InChI is InChI=1S/C20H18F3N7O2S/c1-10(16-28-18(25-2)29-30(16)19-26-9-15(8-24)33-19)27-17(31)13-5-12(11-3-4-11)6-14(7-13)32-20(21,22)23/h5-7,9-11H,3-4H2,1-2H3,(H,25,29)(H,27,31)/t10-/m0/s1. The molecule has 2 aromatic heterocycles. The number of rotatable bonds is 7. The summed E-state index contributed by atoms with van der Waals surface area (Å²) in [7, 11) is 1.63. The molecule has 0 spiro atoms. The van der Waals surface area contributed by atoms with E-state index in [1.165, 1.54) is 16.9 Å². The SMILES string of the molecule is CNc1nc([C@H](C)NC(=O)c2cc(OC(F)(F)F)cc(C3CC3)c2)n(-c2ncc(C#N)s2)n1. The molecular formula is C20H18F3N7O2S. The number of carbonyl (C=O) groups excluding carboxylic acids is 1. The Morgan fingerprint density at radius 2 is 2.12 bits per heavy atom. The van der Waals surface area contributed by atoms with Crippen molar-refractivity contribution in [2.24, 2.45) is 0 Å². The Hall–Kier alpha value is -3.66. The van der Waals surface area contributed by atoms with E-state index in [0.29, 0.717) is 21.4 Å². The zero-order valence-corrected chi connectivity index (χ0v) is 18.3. The van der Waals surface area contributed by atoms with Gasteiger partial charge in [0, 0.05) is 12.6 Å². The maximum absolute atomic E-state index is 12.9. The lowest BCUT2D eigenvalue weighted by Gasteiger charge is -2.15. The van der Waals surface area contributed by atoms with Gasteiger partial charge in [0.15, 0.2) is 5.82 Å². The van der Waals surface area contributed by atoms with E-state index in [2.05, 4.69) is 30.4 Å². The maximum Gasteiger partial charge on any atom is 0.573 e. The largest absolute Gasteiger partial charge is 0.573 e. The van der Waals surface area contributed by atoms with E-state index >= 15 is 0 Å². The van der Waals surface area contributed by atoms with Crippen LogP contribution in [0.2, 0.25) is 0 Å². The molecule has 9 nitrogen and oxygen atoms in total. The summed E-state index contributed by atoms with van der Waals surface area (Å²) < 4.78 is 43.7. The minimum absolute atomic E-state index is 0.0476. The lowest BCUT2D eigenvalue weighted by molar-refractivity contribution is -0.274. The van der Waals surface area contributed by atoms with Gasteiger partial charge in [-0.05, 0) is 49.4 Å². The Morgan fingerprint density at radius 1 is 1.36 bits per heavy atom. The first kappa shape index (κ1) is 22.5. The summed E-state index contributed by atoms with van der Waals surface area (Å²) in [4.78, 5) is 21.8. The fourth-order valence-corrected chi connectivity index (χ4v) is 3.88. The van der Waals surface area contributed by atoms with Crippen molar-refractivity contribution in [2.45, 2.75) is 38.1 Å². The van der Waals surface area contributed by atoms with Crippen molar-refractivity contribution in [3.8, 4) is 17.0 Å². The Bertz CT molecular complexity index is 1230. The van der Waals surface area contributed by atoms with Crippen molar-refractivity contribution in [1.82, 2.24) is 25.1 Å². The van der Waals surface area contributed by atoms with E-state index in [1.54, 1.807) is 20.0 Å². The molecule has 1 aliphatic rings. The van der Waals surface area contributed by atoms with Crippen LogP contribution in [0, 0.1) is 11.3 Å². The number of amides is 1. The average molecular weight is 477 g/mol. The summed E-state index contributed by atoms with van der Waals surface area (Å²) in [6, 6.07) is 5.27. The highest BCUT2D eigenvalue weighted by Gasteiger charge is 2.33. The minimum Gasteiger partial charge on any atom is -0.406 e. The zero-order valence-electron chi connectivity index (χ0n) is 17.5. The van der Waals surface area contributed by atoms with Crippen LogP contribution >= 0.6 is 11.3 Å². The molecule has 0 radical (unpaired) electrons. The number of aromatic nitrogens is 4. The van der Waals surface area contributed by atoms with Crippen LogP contribution in [0.25, 0.3) is 5.13 Å². The van der Waals surface area contributed by atoms with Crippen molar-refractivity contribution >= 4 is 23.2 Å². The zero-order chi connectivity index (χ0) is 23.8. The van der Waals surface area contributed by atoms with Crippen molar-refractivity contribution in [2.75, 3.05) is 12.4 Å². The summed E-state index contributed by atoms with van der Waals surface area (Å²) in [6.07, 6.45) is -1.76. The van der Waals surface area contributed by atoms with Gasteiger partial charge in [0.2, 0.25) is 11.1 Å². The summed E-state index contributed by atoms with van der Waals surface area (Å²) in [5.74, 6) is -0.300. The Morgan fingerprint density at radius 3 is 2.73 bits per heavy atom. The molecule has 1 amide bonds. The molecule has 1 saturated carbocycles. The fourth-order valence-electron chi connectivity index (χ4n) is 3.21. The summed E-state index contributed by atoms with van der Waals surface area (Å²) in [5.41, 5.74) is 0.674. The molecule has 0 saturated heterocycles. The van der Waals surface area contributed by atoms with Gasteiger partial charge < -0.3 is 15.4 Å². The average Bonchev–Trinajstić information content (AvgIpc) is 3.34. The second kappa shape index (κ2) is 8.70. The van der Waals surface area contributed by atoms with Gasteiger partial charge in [0.25, 0.3) is 5.91 Å². The van der Waals surface area contributed by atoms with Gasteiger partial charge in [-0.15, -0.1) is 18.3 Å². The molecule has 1 fully saturated rings. The van der Waals surface area contributed by atoms with E-state index in [1.807, 2.05) is 6.07 Å². The second-order valence-corrected chi connectivity index (χ2v) is 8.39. The minimum atomic E-state index is -4.86. The quantitative estimate of drug-likeness (QED) is 0.530. The number of nitrogens with one attached hydrogen (secondary N) is 2. The highest BCUT2D eigenvalue weighted by molar-refractivity contribution is 7.14. The monoisotopic (exact) mass is 477 g/mol. The number of nitriles is 1. The molecule has 33 heavy (non-hydrogen) atoms. The first-order chi connectivity index (χ1) is 15.7.